The smallest absolute Gasteiger partial charge is 0.325 e. The molecule has 3 rings (SSSR count). The van der Waals surface area contributed by atoms with Crippen molar-refractivity contribution >= 4 is 11.2 Å². The first-order chi connectivity index (χ1) is 10.2. The van der Waals surface area contributed by atoms with Crippen LogP contribution in [0.1, 0.15) is 32.7 Å². The molecule has 0 spiro atoms. The highest BCUT2D eigenvalue weighted by atomic mass is 16.2. The van der Waals surface area contributed by atoms with Gasteiger partial charge < -0.3 is 9.88 Å². The summed E-state index contributed by atoms with van der Waals surface area (Å²) in [5.74, 6) is 0. The maximum Gasteiger partial charge on any atom is 0.333 e. The predicted octanol–water partition coefficient (Wildman–Crippen LogP) is 0.324. The monoisotopic (exact) mass is 291 g/mol. The molecule has 1 N–H and O–H groups in total. The molecule has 21 heavy (non-hydrogen) atoms. The molecule has 0 aliphatic carbocycles. The molecule has 1 aliphatic rings. The number of nitrogens with one attached hydrogen (secondary N) is 1. The van der Waals surface area contributed by atoms with Crippen molar-refractivity contribution in [3.05, 3.63) is 27.2 Å². The Morgan fingerprint density at radius 1 is 1.38 bits per heavy atom. The summed E-state index contributed by atoms with van der Waals surface area (Å²) >= 11 is 0. The zero-order chi connectivity index (χ0) is 15.0. The van der Waals surface area contributed by atoms with Crippen LogP contribution in [-0.2, 0) is 13.1 Å². The molecular weight excluding hydrogens is 270 g/mol. The zero-order valence-electron chi connectivity index (χ0n) is 12.5. The highest BCUT2D eigenvalue weighted by molar-refractivity contribution is 5.70. The Labute approximate surface area is 122 Å². The van der Waals surface area contributed by atoms with E-state index in [0.29, 0.717) is 30.8 Å². The average molecular weight is 291 g/mol. The maximum atomic E-state index is 12.8. The Balaban J connectivity index is 2.35. The first kappa shape index (κ1) is 14.1. The van der Waals surface area contributed by atoms with Crippen LogP contribution in [0, 0.1) is 0 Å². The van der Waals surface area contributed by atoms with E-state index in [-0.39, 0.29) is 17.3 Å². The summed E-state index contributed by atoms with van der Waals surface area (Å²) in [6.45, 7) is 6.75. The summed E-state index contributed by atoms with van der Waals surface area (Å²) < 4.78 is 4.88. The van der Waals surface area contributed by atoms with E-state index in [1.165, 1.54) is 4.57 Å². The number of imidazole rings is 1. The van der Waals surface area contributed by atoms with E-state index in [0.717, 1.165) is 19.4 Å². The zero-order valence-corrected chi connectivity index (χ0v) is 12.5. The number of aryl methyl sites for hydroxylation is 2. The van der Waals surface area contributed by atoms with Crippen LogP contribution in [0.25, 0.3) is 11.2 Å². The molecule has 114 valence electrons. The Bertz CT molecular complexity index is 764. The van der Waals surface area contributed by atoms with Crippen LogP contribution in [0.4, 0.5) is 0 Å². The molecule has 2 aromatic heterocycles. The van der Waals surface area contributed by atoms with Gasteiger partial charge in [-0.1, -0.05) is 6.92 Å². The molecule has 0 radical (unpaired) electrons. The lowest BCUT2D eigenvalue weighted by molar-refractivity contribution is 0.477. The second-order valence-corrected chi connectivity index (χ2v) is 5.46. The van der Waals surface area contributed by atoms with Crippen LogP contribution in [0.2, 0.25) is 0 Å². The molecule has 1 atom stereocenters. The lowest BCUT2D eigenvalue weighted by atomic mass is 10.2. The minimum absolute atomic E-state index is 0.0577. The van der Waals surface area contributed by atoms with Gasteiger partial charge in [0.15, 0.2) is 11.2 Å². The fraction of sp³-hybridized carbons (Fsp3) is 0.643. The summed E-state index contributed by atoms with van der Waals surface area (Å²) in [6, 6.07) is -0.0577. The predicted molar refractivity (Wildman–Crippen MR) is 80.7 cm³/mol. The Hall–Kier alpha value is -1.89. The van der Waals surface area contributed by atoms with Crippen molar-refractivity contribution in [2.24, 2.45) is 0 Å². The Kier molecular flexibility index (Phi) is 3.67. The van der Waals surface area contributed by atoms with Gasteiger partial charge in [-0.3, -0.25) is 13.9 Å². The molecule has 0 aromatic carbocycles. The van der Waals surface area contributed by atoms with E-state index in [2.05, 4.69) is 10.3 Å². The van der Waals surface area contributed by atoms with Gasteiger partial charge in [0, 0.05) is 19.6 Å². The Morgan fingerprint density at radius 3 is 2.81 bits per heavy atom. The molecule has 1 aliphatic heterocycles. The minimum Gasteiger partial charge on any atom is -0.325 e. The molecular formula is C14H21N5O2. The first-order valence-corrected chi connectivity index (χ1v) is 7.59. The molecule has 1 saturated heterocycles. The third kappa shape index (κ3) is 2.12. The molecule has 7 nitrogen and oxygen atoms in total. The number of hydrogen-bond donors (Lipinski definition) is 1. The van der Waals surface area contributed by atoms with Gasteiger partial charge in [-0.2, -0.15) is 0 Å². The van der Waals surface area contributed by atoms with Crippen LogP contribution in [0.5, 0.6) is 0 Å². The molecule has 0 saturated carbocycles. The fourth-order valence-electron chi connectivity index (χ4n) is 3.06. The average Bonchev–Trinajstić information content (AvgIpc) is 3.12. The molecule has 7 heteroatoms. The second-order valence-electron chi connectivity index (χ2n) is 5.46. The number of rotatable bonds is 4. The molecule has 1 fully saturated rings. The third-order valence-electron chi connectivity index (χ3n) is 4.12. The van der Waals surface area contributed by atoms with Crippen molar-refractivity contribution in [2.45, 2.75) is 45.8 Å². The topological polar surface area (TPSA) is 73.8 Å². The highest BCUT2D eigenvalue weighted by Crippen LogP contribution is 2.13. The fourth-order valence-corrected chi connectivity index (χ4v) is 3.06. The first-order valence-electron chi connectivity index (χ1n) is 7.59. The molecule has 1 unspecified atom stereocenters. The van der Waals surface area contributed by atoms with E-state index in [1.54, 1.807) is 10.9 Å². The highest BCUT2D eigenvalue weighted by Gasteiger charge is 2.24. The van der Waals surface area contributed by atoms with Crippen molar-refractivity contribution in [3.63, 3.8) is 0 Å². The van der Waals surface area contributed by atoms with Gasteiger partial charge in [0.25, 0.3) is 5.56 Å². The lowest BCUT2D eigenvalue weighted by Crippen LogP contribution is -2.43. The van der Waals surface area contributed by atoms with Gasteiger partial charge in [0.05, 0.1) is 12.4 Å². The van der Waals surface area contributed by atoms with Crippen molar-refractivity contribution in [2.75, 3.05) is 13.1 Å². The van der Waals surface area contributed by atoms with Gasteiger partial charge in [0.1, 0.15) is 0 Å². The summed E-state index contributed by atoms with van der Waals surface area (Å²) in [7, 11) is 0. The lowest BCUT2D eigenvalue weighted by Gasteiger charge is -2.15. The van der Waals surface area contributed by atoms with E-state index in [9.17, 15) is 9.59 Å². The van der Waals surface area contributed by atoms with Crippen LogP contribution >= 0.6 is 0 Å². The molecule has 0 amide bonds. The summed E-state index contributed by atoms with van der Waals surface area (Å²) in [6.07, 6.45) is 3.29. The van der Waals surface area contributed by atoms with Crippen LogP contribution in [0.3, 0.4) is 0 Å². The van der Waals surface area contributed by atoms with Gasteiger partial charge in [-0.15, -0.1) is 0 Å². The molecule has 0 bridgehead atoms. The van der Waals surface area contributed by atoms with Crippen molar-refractivity contribution < 1.29 is 0 Å². The van der Waals surface area contributed by atoms with E-state index < -0.39 is 0 Å². The van der Waals surface area contributed by atoms with Gasteiger partial charge >= 0.3 is 5.69 Å². The van der Waals surface area contributed by atoms with Crippen molar-refractivity contribution in [1.29, 1.82) is 0 Å². The van der Waals surface area contributed by atoms with Gasteiger partial charge in [-0.05, 0) is 26.3 Å². The Morgan fingerprint density at radius 2 is 2.19 bits per heavy atom. The molecule has 2 aromatic rings. The largest absolute Gasteiger partial charge is 0.333 e. The third-order valence-corrected chi connectivity index (χ3v) is 4.12. The van der Waals surface area contributed by atoms with Crippen LogP contribution in [0.15, 0.2) is 15.9 Å². The number of nitrogens with zero attached hydrogens (tertiary/aromatic N) is 4. The normalized spacial score (nSPS) is 18.7. The summed E-state index contributed by atoms with van der Waals surface area (Å²) in [4.78, 5) is 29.8. The standard InChI is InChI=1S/C14H21N5O2/c1-3-7-18-12-11(17(4-2)9-16-12)13(20)19(14(18)21)10-5-6-15-8-10/h9-10,15H,3-8H2,1-2H3. The van der Waals surface area contributed by atoms with Crippen molar-refractivity contribution in [1.82, 2.24) is 24.0 Å². The maximum absolute atomic E-state index is 12.8. The van der Waals surface area contributed by atoms with Gasteiger partial charge in [-0.25, -0.2) is 9.78 Å². The van der Waals surface area contributed by atoms with E-state index >= 15 is 0 Å². The van der Waals surface area contributed by atoms with Crippen LogP contribution < -0.4 is 16.6 Å². The second kappa shape index (κ2) is 5.48. The van der Waals surface area contributed by atoms with E-state index in [1.807, 2.05) is 18.4 Å². The SMILES string of the molecule is CCCn1c(=O)n(C2CCNC2)c(=O)c2c1ncn2CC. The quantitative estimate of drug-likeness (QED) is 0.880. The summed E-state index contributed by atoms with van der Waals surface area (Å²) in [5.41, 5.74) is 0.605. The minimum atomic E-state index is -0.232. The van der Waals surface area contributed by atoms with Crippen molar-refractivity contribution in [3.8, 4) is 0 Å². The number of aromatic nitrogens is 4. The summed E-state index contributed by atoms with van der Waals surface area (Å²) in [5, 5.41) is 3.22. The number of fused-ring (bicyclic) bond motifs is 1. The van der Waals surface area contributed by atoms with Crippen LogP contribution in [-0.4, -0.2) is 31.8 Å². The molecule has 3 heterocycles. The van der Waals surface area contributed by atoms with E-state index in [4.69, 9.17) is 0 Å². The number of hydrogen-bond acceptors (Lipinski definition) is 4. The van der Waals surface area contributed by atoms with Gasteiger partial charge in [0.2, 0.25) is 0 Å².